The van der Waals surface area contributed by atoms with Crippen molar-refractivity contribution in [3.63, 3.8) is 0 Å². The number of nitrogens with one attached hydrogen (secondary N) is 1. The van der Waals surface area contributed by atoms with Crippen LogP contribution < -0.4 is 10.9 Å². The maximum absolute atomic E-state index is 12.3. The Labute approximate surface area is 136 Å². The molecule has 1 aromatic heterocycles. The van der Waals surface area contributed by atoms with E-state index in [2.05, 4.69) is 5.32 Å². The molecule has 2 rings (SSSR count). The summed E-state index contributed by atoms with van der Waals surface area (Å²) < 4.78 is 1.70. The highest BCUT2D eigenvalue weighted by atomic mass is 16.2. The average molecular weight is 319 g/mol. The first-order valence-corrected chi connectivity index (χ1v) is 8.22. The molecule has 0 aliphatic carbocycles. The molecule has 1 fully saturated rings. The number of hydrogen-bond acceptors (Lipinski definition) is 3. The van der Waals surface area contributed by atoms with Crippen molar-refractivity contribution >= 4 is 11.8 Å². The quantitative estimate of drug-likeness (QED) is 0.825. The third kappa shape index (κ3) is 4.43. The van der Waals surface area contributed by atoms with Crippen LogP contribution >= 0.6 is 0 Å². The predicted octanol–water partition coefficient (Wildman–Crippen LogP) is 1.06. The first-order valence-electron chi connectivity index (χ1n) is 8.22. The fraction of sp³-hybridized carbons (Fsp3) is 0.588. The molecule has 0 aromatic carbocycles. The fourth-order valence-corrected chi connectivity index (χ4v) is 3.06. The molecule has 1 atom stereocenters. The van der Waals surface area contributed by atoms with Crippen LogP contribution in [-0.2, 0) is 16.1 Å². The summed E-state index contributed by atoms with van der Waals surface area (Å²) in [6.07, 6.45) is 3.34. The summed E-state index contributed by atoms with van der Waals surface area (Å²) in [6.45, 7) is 5.14. The summed E-state index contributed by atoms with van der Waals surface area (Å²) >= 11 is 0. The minimum Gasteiger partial charge on any atom is -0.354 e. The van der Waals surface area contributed by atoms with E-state index < -0.39 is 0 Å². The van der Waals surface area contributed by atoms with Crippen LogP contribution in [0.4, 0.5) is 0 Å². The van der Waals surface area contributed by atoms with Crippen LogP contribution in [0.1, 0.15) is 38.3 Å². The van der Waals surface area contributed by atoms with Gasteiger partial charge in [0.05, 0.1) is 0 Å². The lowest BCUT2D eigenvalue weighted by Gasteiger charge is -2.33. The monoisotopic (exact) mass is 319 g/mol. The number of aromatic nitrogens is 1. The molecule has 1 unspecified atom stereocenters. The highest BCUT2D eigenvalue weighted by Crippen LogP contribution is 2.17. The van der Waals surface area contributed by atoms with Crippen LogP contribution in [0.2, 0.25) is 0 Å². The molecule has 126 valence electrons. The van der Waals surface area contributed by atoms with Crippen LogP contribution in [-0.4, -0.2) is 40.4 Å². The molecular weight excluding hydrogens is 294 g/mol. The molecule has 6 nitrogen and oxygen atoms in total. The van der Waals surface area contributed by atoms with Gasteiger partial charge < -0.3 is 14.8 Å². The van der Waals surface area contributed by atoms with Crippen LogP contribution in [0.15, 0.2) is 23.0 Å². The first-order chi connectivity index (χ1) is 11.0. The van der Waals surface area contributed by atoms with Gasteiger partial charge in [0.2, 0.25) is 11.8 Å². The van der Waals surface area contributed by atoms with E-state index in [0.717, 1.165) is 25.0 Å². The summed E-state index contributed by atoms with van der Waals surface area (Å²) in [5, 5.41) is 2.90. The van der Waals surface area contributed by atoms with Gasteiger partial charge in [0.25, 0.3) is 5.56 Å². The van der Waals surface area contributed by atoms with Crippen molar-refractivity contribution in [2.24, 2.45) is 0 Å². The van der Waals surface area contributed by atoms with Gasteiger partial charge in [-0.3, -0.25) is 14.4 Å². The molecule has 2 amide bonds. The second-order valence-electron chi connectivity index (χ2n) is 6.03. The second-order valence-corrected chi connectivity index (χ2v) is 6.03. The van der Waals surface area contributed by atoms with Crippen molar-refractivity contribution in [3.05, 3.63) is 34.2 Å². The van der Waals surface area contributed by atoms with Crippen molar-refractivity contribution in [2.75, 3.05) is 13.1 Å². The number of likely N-dealkylation sites (tertiary alicyclic amines) is 1. The molecule has 1 aliphatic rings. The number of carbonyl (C=O) groups excluding carboxylic acids is 2. The Balaban J connectivity index is 1.82. The number of amides is 2. The molecule has 0 bridgehead atoms. The smallest absolute Gasteiger partial charge is 0.250 e. The van der Waals surface area contributed by atoms with Crippen molar-refractivity contribution in [1.29, 1.82) is 0 Å². The lowest BCUT2D eigenvalue weighted by molar-refractivity contribution is -0.140. The fourth-order valence-electron chi connectivity index (χ4n) is 3.06. The van der Waals surface area contributed by atoms with Crippen molar-refractivity contribution in [1.82, 2.24) is 14.8 Å². The maximum Gasteiger partial charge on any atom is 0.250 e. The van der Waals surface area contributed by atoms with Gasteiger partial charge in [0.15, 0.2) is 0 Å². The van der Waals surface area contributed by atoms with Crippen LogP contribution in [0.25, 0.3) is 0 Å². The first kappa shape index (κ1) is 17.2. The van der Waals surface area contributed by atoms with Crippen molar-refractivity contribution in [3.8, 4) is 0 Å². The summed E-state index contributed by atoms with van der Waals surface area (Å²) in [6, 6.07) is 4.84. The number of pyridine rings is 1. The molecule has 1 N–H and O–H groups in total. The Bertz CT molecular complexity index is 624. The Morgan fingerprint density at radius 2 is 2.09 bits per heavy atom. The van der Waals surface area contributed by atoms with Gasteiger partial charge in [-0.2, -0.15) is 0 Å². The lowest BCUT2D eigenvalue weighted by Crippen LogP contribution is -2.51. The van der Waals surface area contributed by atoms with E-state index in [1.54, 1.807) is 21.6 Å². The van der Waals surface area contributed by atoms with E-state index in [9.17, 15) is 14.4 Å². The van der Waals surface area contributed by atoms with Crippen LogP contribution in [0.5, 0.6) is 0 Å². The summed E-state index contributed by atoms with van der Waals surface area (Å²) in [5.41, 5.74) is 0.894. The highest BCUT2D eigenvalue weighted by Gasteiger charge is 2.29. The van der Waals surface area contributed by atoms with Gasteiger partial charge in [-0.1, -0.05) is 6.07 Å². The van der Waals surface area contributed by atoms with E-state index in [-0.39, 0.29) is 23.4 Å². The Kier molecular flexibility index (Phi) is 5.96. The number of rotatable bonds is 5. The normalized spacial score (nSPS) is 17.8. The molecule has 6 heteroatoms. The predicted molar refractivity (Wildman–Crippen MR) is 88.1 cm³/mol. The number of piperidine rings is 1. The van der Waals surface area contributed by atoms with E-state index >= 15 is 0 Å². The minimum absolute atomic E-state index is 0.0219. The van der Waals surface area contributed by atoms with E-state index in [4.69, 9.17) is 0 Å². The zero-order chi connectivity index (χ0) is 16.8. The molecule has 0 saturated carbocycles. The van der Waals surface area contributed by atoms with Gasteiger partial charge in [-0.15, -0.1) is 0 Å². The minimum atomic E-state index is -0.345. The Hall–Kier alpha value is -2.11. The Morgan fingerprint density at radius 1 is 1.30 bits per heavy atom. The average Bonchev–Trinajstić information content (AvgIpc) is 2.53. The van der Waals surface area contributed by atoms with Gasteiger partial charge in [-0.05, 0) is 38.7 Å². The molecule has 1 aliphatic heterocycles. The summed E-state index contributed by atoms with van der Waals surface area (Å²) in [4.78, 5) is 37.3. The SMILES string of the molecule is CC(=O)N1CCCCC1C(=O)NCCCn1c(C)cccc1=O. The van der Waals surface area contributed by atoms with E-state index in [1.165, 1.54) is 6.92 Å². The third-order valence-corrected chi connectivity index (χ3v) is 4.34. The molecule has 1 saturated heterocycles. The van der Waals surface area contributed by atoms with Gasteiger partial charge in [-0.25, -0.2) is 0 Å². The second kappa shape index (κ2) is 7.94. The number of carbonyl (C=O) groups is 2. The molecule has 0 radical (unpaired) electrons. The summed E-state index contributed by atoms with van der Waals surface area (Å²) in [5.74, 6) is -0.131. The summed E-state index contributed by atoms with van der Waals surface area (Å²) in [7, 11) is 0. The molecule has 1 aromatic rings. The van der Waals surface area contributed by atoms with Gasteiger partial charge in [0, 0.05) is 38.3 Å². The molecular formula is C17H25N3O3. The maximum atomic E-state index is 12.3. The molecule has 23 heavy (non-hydrogen) atoms. The van der Waals surface area contributed by atoms with E-state index in [1.807, 2.05) is 13.0 Å². The third-order valence-electron chi connectivity index (χ3n) is 4.34. The topological polar surface area (TPSA) is 71.4 Å². The zero-order valence-electron chi connectivity index (χ0n) is 13.9. The van der Waals surface area contributed by atoms with Gasteiger partial charge >= 0.3 is 0 Å². The highest BCUT2D eigenvalue weighted by molar-refractivity contribution is 5.87. The van der Waals surface area contributed by atoms with Crippen LogP contribution in [0.3, 0.4) is 0 Å². The Morgan fingerprint density at radius 3 is 2.78 bits per heavy atom. The standard InChI is InChI=1S/C17H25N3O3/c1-13-7-5-9-16(22)19(13)12-6-10-18-17(23)15-8-3-4-11-20(15)14(2)21/h5,7,9,15H,3-4,6,8,10-12H2,1-2H3,(H,18,23). The number of nitrogens with zero attached hydrogens (tertiary/aromatic N) is 2. The molecule has 2 heterocycles. The van der Waals surface area contributed by atoms with E-state index in [0.29, 0.717) is 26.1 Å². The number of aryl methyl sites for hydroxylation is 1. The van der Waals surface area contributed by atoms with Crippen molar-refractivity contribution in [2.45, 2.75) is 52.1 Å². The number of hydrogen-bond donors (Lipinski definition) is 1. The lowest BCUT2D eigenvalue weighted by atomic mass is 10.0. The zero-order valence-corrected chi connectivity index (χ0v) is 13.9. The van der Waals surface area contributed by atoms with Crippen LogP contribution in [0, 0.1) is 6.92 Å². The largest absolute Gasteiger partial charge is 0.354 e. The van der Waals surface area contributed by atoms with Gasteiger partial charge in [0.1, 0.15) is 6.04 Å². The molecule has 0 spiro atoms. The van der Waals surface area contributed by atoms with Crippen molar-refractivity contribution < 1.29 is 9.59 Å².